The molecule has 1 N–H and O–H groups in total. The average molecular weight is 193 g/mol. The van der Waals surface area contributed by atoms with Crippen LogP contribution in [0.3, 0.4) is 0 Å². The SMILES string of the molecule is O=C=NCc1cc2c(cc1O)OCO2. The quantitative estimate of drug-likeness (QED) is 0.561. The van der Waals surface area contributed by atoms with Gasteiger partial charge in [0.15, 0.2) is 11.5 Å². The van der Waals surface area contributed by atoms with Crippen LogP contribution in [0.1, 0.15) is 5.56 Å². The molecule has 0 bridgehead atoms. The third-order valence-electron chi connectivity index (χ3n) is 1.89. The average Bonchev–Trinajstić information content (AvgIpc) is 2.61. The summed E-state index contributed by atoms with van der Waals surface area (Å²) in [5, 5.41) is 9.48. The minimum atomic E-state index is 0.0354. The summed E-state index contributed by atoms with van der Waals surface area (Å²) in [7, 11) is 0. The third-order valence-corrected chi connectivity index (χ3v) is 1.89. The normalized spacial score (nSPS) is 12.3. The Bertz CT molecular complexity index is 410. The highest BCUT2D eigenvalue weighted by molar-refractivity contribution is 5.51. The van der Waals surface area contributed by atoms with E-state index in [1.165, 1.54) is 12.1 Å². The van der Waals surface area contributed by atoms with Crippen LogP contribution < -0.4 is 9.47 Å². The van der Waals surface area contributed by atoms with Crippen molar-refractivity contribution in [1.29, 1.82) is 0 Å². The van der Waals surface area contributed by atoms with Crippen LogP contribution in [0.2, 0.25) is 0 Å². The van der Waals surface area contributed by atoms with Gasteiger partial charge in [-0.05, 0) is 6.07 Å². The maximum Gasteiger partial charge on any atom is 0.235 e. The summed E-state index contributed by atoms with van der Waals surface area (Å²) in [6, 6.07) is 3.04. The molecule has 0 aromatic heterocycles. The molecule has 0 aliphatic carbocycles. The highest BCUT2D eigenvalue weighted by Crippen LogP contribution is 2.37. The van der Waals surface area contributed by atoms with E-state index in [4.69, 9.17) is 9.47 Å². The van der Waals surface area contributed by atoms with E-state index in [2.05, 4.69) is 4.99 Å². The number of isocyanates is 1. The second-order valence-electron chi connectivity index (χ2n) is 2.74. The van der Waals surface area contributed by atoms with Gasteiger partial charge in [0.2, 0.25) is 12.9 Å². The molecule has 0 radical (unpaired) electrons. The first-order chi connectivity index (χ1) is 6.81. The number of ether oxygens (including phenoxy) is 2. The van der Waals surface area contributed by atoms with E-state index in [1.807, 2.05) is 0 Å². The number of hydrogen-bond donors (Lipinski definition) is 1. The van der Waals surface area contributed by atoms with E-state index in [-0.39, 0.29) is 19.1 Å². The Labute approximate surface area is 79.6 Å². The van der Waals surface area contributed by atoms with Crippen molar-refractivity contribution in [3.8, 4) is 17.2 Å². The number of nitrogens with zero attached hydrogens (tertiary/aromatic N) is 1. The Hall–Kier alpha value is -2.00. The molecule has 1 aromatic rings. The zero-order valence-electron chi connectivity index (χ0n) is 7.19. The van der Waals surface area contributed by atoms with Crippen molar-refractivity contribution in [2.75, 3.05) is 6.79 Å². The largest absolute Gasteiger partial charge is 0.507 e. The van der Waals surface area contributed by atoms with Gasteiger partial charge in [0, 0.05) is 11.6 Å². The number of fused-ring (bicyclic) bond motifs is 1. The number of phenols is 1. The molecule has 1 aromatic carbocycles. The molecule has 0 saturated carbocycles. The zero-order valence-corrected chi connectivity index (χ0v) is 7.19. The summed E-state index contributed by atoms with van der Waals surface area (Å²) in [6.45, 7) is 0.237. The van der Waals surface area contributed by atoms with Crippen LogP contribution in [-0.4, -0.2) is 18.0 Å². The lowest BCUT2D eigenvalue weighted by atomic mass is 10.2. The van der Waals surface area contributed by atoms with Crippen LogP contribution in [0.4, 0.5) is 0 Å². The first-order valence-electron chi connectivity index (χ1n) is 3.96. The first-order valence-corrected chi connectivity index (χ1v) is 3.96. The second kappa shape index (κ2) is 3.40. The van der Waals surface area contributed by atoms with E-state index >= 15 is 0 Å². The van der Waals surface area contributed by atoms with Crippen molar-refractivity contribution in [1.82, 2.24) is 0 Å². The third kappa shape index (κ3) is 1.41. The van der Waals surface area contributed by atoms with Gasteiger partial charge >= 0.3 is 0 Å². The molecule has 0 spiro atoms. The van der Waals surface area contributed by atoms with Crippen LogP contribution >= 0.6 is 0 Å². The Morgan fingerprint density at radius 2 is 2.14 bits per heavy atom. The number of carbonyl (C=O) groups excluding carboxylic acids is 1. The highest BCUT2D eigenvalue weighted by atomic mass is 16.7. The van der Waals surface area contributed by atoms with Crippen molar-refractivity contribution < 1.29 is 19.4 Å². The molecule has 0 saturated heterocycles. The van der Waals surface area contributed by atoms with Crippen molar-refractivity contribution in [2.45, 2.75) is 6.54 Å². The molecule has 0 unspecified atom stereocenters. The fraction of sp³-hybridized carbons (Fsp3) is 0.222. The van der Waals surface area contributed by atoms with Crippen molar-refractivity contribution in [2.24, 2.45) is 4.99 Å². The fourth-order valence-electron chi connectivity index (χ4n) is 1.22. The molecule has 1 heterocycles. The number of hydrogen-bond acceptors (Lipinski definition) is 5. The van der Waals surface area contributed by atoms with Gasteiger partial charge in [-0.25, -0.2) is 9.79 Å². The molecule has 5 heteroatoms. The van der Waals surface area contributed by atoms with Gasteiger partial charge in [-0.15, -0.1) is 0 Å². The van der Waals surface area contributed by atoms with Crippen LogP contribution in [0.25, 0.3) is 0 Å². The topological polar surface area (TPSA) is 68.1 Å². The Morgan fingerprint density at radius 3 is 2.86 bits per heavy atom. The van der Waals surface area contributed by atoms with E-state index in [0.29, 0.717) is 17.1 Å². The van der Waals surface area contributed by atoms with Crippen molar-refractivity contribution in [3.63, 3.8) is 0 Å². The maximum atomic E-state index is 9.89. The number of benzene rings is 1. The van der Waals surface area contributed by atoms with Gasteiger partial charge in [0.05, 0.1) is 6.54 Å². The van der Waals surface area contributed by atoms with Crippen LogP contribution in [-0.2, 0) is 11.3 Å². The van der Waals surface area contributed by atoms with E-state index < -0.39 is 0 Å². The maximum absolute atomic E-state index is 9.89. The molecule has 0 fully saturated rings. The van der Waals surface area contributed by atoms with Crippen LogP contribution in [0.5, 0.6) is 17.2 Å². The minimum absolute atomic E-state index is 0.0354. The van der Waals surface area contributed by atoms with Crippen LogP contribution in [0, 0.1) is 0 Å². The molecular formula is C9H7NO4. The predicted octanol–water partition coefficient (Wildman–Crippen LogP) is 0.957. The lowest BCUT2D eigenvalue weighted by Gasteiger charge is -2.02. The second-order valence-corrected chi connectivity index (χ2v) is 2.74. The smallest absolute Gasteiger partial charge is 0.235 e. The predicted molar refractivity (Wildman–Crippen MR) is 46.1 cm³/mol. The van der Waals surface area contributed by atoms with Crippen molar-refractivity contribution >= 4 is 6.08 Å². The lowest BCUT2D eigenvalue weighted by molar-refractivity contribution is 0.174. The summed E-state index contributed by atoms with van der Waals surface area (Å²) < 4.78 is 10.1. The van der Waals surface area contributed by atoms with Gasteiger partial charge in [-0.2, -0.15) is 0 Å². The number of phenolic OH excluding ortho intramolecular Hbond substituents is 1. The molecule has 2 rings (SSSR count). The standard InChI is InChI=1S/C9H7NO4/c11-4-10-3-6-1-8-9(2-7(6)12)14-5-13-8/h1-2,12H,3,5H2. The number of rotatable bonds is 2. The summed E-state index contributed by atoms with van der Waals surface area (Å²) in [5.74, 6) is 1.09. The molecule has 0 atom stereocenters. The van der Waals surface area contributed by atoms with Gasteiger partial charge < -0.3 is 14.6 Å². The molecule has 1 aliphatic heterocycles. The molecule has 14 heavy (non-hydrogen) atoms. The molecule has 5 nitrogen and oxygen atoms in total. The molecule has 72 valence electrons. The number of aliphatic imine (C=N–C) groups is 1. The summed E-state index contributed by atoms with van der Waals surface area (Å²) in [5.41, 5.74) is 0.512. The Balaban J connectivity index is 2.36. The summed E-state index contributed by atoms with van der Waals surface area (Å²) in [6.07, 6.45) is 1.40. The lowest BCUT2D eigenvalue weighted by Crippen LogP contribution is -1.92. The van der Waals surface area contributed by atoms with Gasteiger partial charge in [0.25, 0.3) is 0 Å². The molecular weight excluding hydrogens is 186 g/mol. The highest BCUT2D eigenvalue weighted by Gasteiger charge is 2.16. The van der Waals surface area contributed by atoms with E-state index in [9.17, 15) is 9.90 Å². The fourth-order valence-corrected chi connectivity index (χ4v) is 1.22. The Kier molecular flexibility index (Phi) is 2.08. The first kappa shape index (κ1) is 8.59. The Morgan fingerprint density at radius 1 is 1.43 bits per heavy atom. The monoisotopic (exact) mass is 193 g/mol. The zero-order chi connectivity index (χ0) is 9.97. The molecule has 1 aliphatic rings. The molecule has 0 amide bonds. The van der Waals surface area contributed by atoms with Gasteiger partial charge in [-0.3, -0.25) is 0 Å². The van der Waals surface area contributed by atoms with Crippen LogP contribution in [0.15, 0.2) is 17.1 Å². The van der Waals surface area contributed by atoms with Gasteiger partial charge in [0.1, 0.15) is 5.75 Å². The summed E-state index contributed by atoms with van der Waals surface area (Å²) in [4.78, 5) is 13.3. The van der Waals surface area contributed by atoms with E-state index in [1.54, 1.807) is 6.07 Å². The van der Waals surface area contributed by atoms with Crippen molar-refractivity contribution in [3.05, 3.63) is 17.7 Å². The minimum Gasteiger partial charge on any atom is -0.507 e. The van der Waals surface area contributed by atoms with E-state index in [0.717, 1.165) is 0 Å². The number of aromatic hydroxyl groups is 1. The van der Waals surface area contributed by atoms with Gasteiger partial charge in [-0.1, -0.05) is 0 Å². The summed E-state index contributed by atoms with van der Waals surface area (Å²) >= 11 is 0.